The maximum absolute atomic E-state index is 13.4. The van der Waals surface area contributed by atoms with Gasteiger partial charge in [0.05, 0.1) is 33.2 Å². The molecule has 5 aromatic rings. The van der Waals surface area contributed by atoms with Crippen molar-refractivity contribution in [3.8, 4) is 5.69 Å². The summed E-state index contributed by atoms with van der Waals surface area (Å²) in [6.45, 7) is 0. The molecule has 0 atom stereocenters. The van der Waals surface area contributed by atoms with Gasteiger partial charge in [0.2, 0.25) is 0 Å². The summed E-state index contributed by atoms with van der Waals surface area (Å²) in [6.07, 6.45) is 4.30. The number of pyridine rings is 1. The number of hydrogen-bond donors (Lipinski definition) is 0. The van der Waals surface area contributed by atoms with Crippen LogP contribution in [0.15, 0.2) is 93.6 Å². The van der Waals surface area contributed by atoms with E-state index in [4.69, 9.17) is 0 Å². The molecule has 35 heavy (non-hydrogen) atoms. The first-order chi connectivity index (χ1) is 16.8. The number of benzene rings is 3. The van der Waals surface area contributed by atoms with Gasteiger partial charge in [0.25, 0.3) is 0 Å². The number of aryl methyl sites for hydroxylation is 1. The Morgan fingerprint density at radius 3 is 2.31 bits per heavy atom. The molecule has 1 saturated carbocycles. The molecule has 0 N–H and O–H groups in total. The van der Waals surface area contributed by atoms with Gasteiger partial charge in [0.1, 0.15) is 0 Å². The Hall–Kier alpha value is -3.36. The second kappa shape index (κ2) is 7.83. The zero-order valence-corrected chi connectivity index (χ0v) is 20.9. The van der Waals surface area contributed by atoms with Gasteiger partial charge in [-0.3, -0.25) is 14.1 Å². The second-order valence-corrected chi connectivity index (χ2v) is 12.5. The van der Waals surface area contributed by atoms with E-state index in [-0.39, 0.29) is 5.69 Å². The van der Waals surface area contributed by atoms with E-state index in [0.29, 0.717) is 18.5 Å². The third-order valence-electron chi connectivity index (χ3n) is 6.90. The molecule has 6 nitrogen and oxygen atoms in total. The number of rotatable bonds is 5. The molecule has 0 spiro atoms. The lowest BCUT2D eigenvalue weighted by Gasteiger charge is -2.14. The summed E-state index contributed by atoms with van der Waals surface area (Å²) in [6, 6.07) is 23.6. The lowest BCUT2D eigenvalue weighted by molar-refractivity contribution is 0.586. The molecule has 2 aromatic heterocycles. The van der Waals surface area contributed by atoms with Crippen LogP contribution in [0.4, 0.5) is 0 Å². The van der Waals surface area contributed by atoms with Crippen LogP contribution in [0, 0.1) is 0 Å². The minimum Gasteiger partial charge on any atom is -0.293 e. The molecule has 3 aromatic carbocycles. The molecule has 0 saturated heterocycles. The van der Waals surface area contributed by atoms with Gasteiger partial charge in [-0.25, -0.2) is 13.2 Å². The van der Waals surface area contributed by atoms with E-state index < -0.39 is 14.6 Å². The van der Waals surface area contributed by atoms with Crippen molar-refractivity contribution in [3.05, 3.63) is 95.0 Å². The first kappa shape index (κ1) is 22.1. The topological polar surface area (TPSA) is 74.0 Å². The van der Waals surface area contributed by atoms with Gasteiger partial charge < -0.3 is 0 Å². The Kier molecular flexibility index (Phi) is 4.95. The van der Waals surface area contributed by atoms with E-state index >= 15 is 0 Å². The zero-order valence-electron chi connectivity index (χ0n) is 19.3. The zero-order chi connectivity index (χ0) is 24.4. The van der Waals surface area contributed by atoms with Crippen molar-refractivity contribution < 1.29 is 8.42 Å². The maximum atomic E-state index is 13.4. The van der Waals surface area contributed by atoms with E-state index in [1.807, 2.05) is 54.6 Å². The maximum Gasteiger partial charge on any atom is 0.333 e. The molecule has 0 unspecified atom stereocenters. The monoisotopic (exact) mass is 501 g/mol. The summed E-state index contributed by atoms with van der Waals surface area (Å²) >= 11 is 1.66. The standard InChI is InChI=1S/C27H23N3O3S2/c1-29-24-17-28-23-13-12-21(34-20-6-4-3-5-7-20)16-22(23)25(24)30(26(29)31)19-10-8-18(9-11-19)27(14-15-27)35(2,32)33/h3-13,16-17H,14-15H2,1-2H3. The van der Waals surface area contributed by atoms with E-state index in [0.717, 1.165) is 37.3 Å². The highest BCUT2D eigenvalue weighted by Crippen LogP contribution is 2.52. The number of nitrogens with zero attached hydrogens (tertiary/aromatic N) is 3. The third kappa shape index (κ3) is 3.51. The van der Waals surface area contributed by atoms with Crippen molar-refractivity contribution in [2.45, 2.75) is 27.4 Å². The van der Waals surface area contributed by atoms with Gasteiger partial charge in [-0.05, 0) is 60.9 Å². The average molecular weight is 502 g/mol. The Balaban J connectivity index is 1.52. The SMILES string of the molecule is Cn1c(=O)n(-c2ccc(C3(S(C)(=O)=O)CC3)cc2)c2c3cc(Sc4ccccc4)ccc3ncc21. The average Bonchev–Trinajstić information content (AvgIpc) is 3.63. The van der Waals surface area contributed by atoms with Crippen LogP contribution in [0.1, 0.15) is 18.4 Å². The molecule has 2 heterocycles. The molecule has 176 valence electrons. The number of imidazole rings is 1. The first-order valence-corrected chi connectivity index (χ1v) is 14.0. The molecule has 0 bridgehead atoms. The van der Waals surface area contributed by atoms with Crippen LogP contribution in [0.3, 0.4) is 0 Å². The fourth-order valence-corrected chi connectivity index (χ4v) is 7.09. The van der Waals surface area contributed by atoms with Crippen LogP contribution < -0.4 is 5.69 Å². The van der Waals surface area contributed by atoms with Crippen LogP contribution in [-0.2, 0) is 21.6 Å². The molecule has 0 radical (unpaired) electrons. The van der Waals surface area contributed by atoms with Crippen LogP contribution in [0.25, 0.3) is 27.6 Å². The van der Waals surface area contributed by atoms with E-state index in [9.17, 15) is 13.2 Å². The minimum absolute atomic E-state index is 0.174. The Bertz CT molecular complexity index is 1770. The third-order valence-corrected chi connectivity index (χ3v) is 9.96. The summed E-state index contributed by atoms with van der Waals surface area (Å²) < 4.78 is 27.2. The normalized spacial score (nSPS) is 15.0. The van der Waals surface area contributed by atoms with Gasteiger partial charge in [0, 0.05) is 28.5 Å². The van der Waals surface area contributed by atoms with Crippen molar-refractivity contribution in [1.82, 2.24) is 14.1 Å². The highest BCUT2D eigenvalue weighted by atomic mass is 32.2. The van der Waals surface area contributed by atoms with E-state index in [1.165, 1.54) is 6.26 Å². The van der Waals surface area contributed by atoms with Crippen molar-refractivity contribution in [2.75, 3.05) is 6.26 Å². The molecule has 8 heteroatoms. The van der Waals surface area contributed by atoms with Gasteiger partial charge in [-0.15, -0.1) is 0 Å². The lowest BCUT2D eigenvalue weighted by Crippen LogP contribution is -2.21. The summed E-state index contributed by atoms with van der Waals surface area (Å²) in [5.41, 5.74) is 3.64. The second-order valence-electron chi connectivity index (χ2n) is 9.08. The summed E-state index contributed by atoms with van der Waals surface area (Å²) in [5, 5.41) is 0.889. The fraction of sp³-hybridized carbons (Fsp3) is 0.185. The first-order valence-electron chi connectivity index (χ1n) is 11.3. The van der Waals surface area contributed by atoms with Crippen molar-refractivity contribution in [1.29, 1.82) is 0 Å². The number of aromatic nitrogens is 3. The highest BCUT2D eigenvalue weighted by molar-refractivity contribution is 7.99. The van der Waals surface area contributed by atoms with Gasteiger partial charge in [0.15, 0.2) is 9.84 Å². The van der Waals surface area contributed by atoms with Crippen molar-refractivity contribution >= 4 is 43.5 Å². The molecule has 6 rings (SSSR count). The highest BCUT2D eigenvalue weighted by Gasteiger charge is 2.53. The van der Waals surface area contributed by atoms with E-state index in [1.54, 1.807) is 34.1 Å². The fourth-order valence-electron chi connectivity index (χ4n) is 4.81. The smallest absolute Gasteiger partial charge is 0.293 e. The summed E-state index contributed by atoms with van der Waals surface area (Å²) in [5.74, 6) is 0. The number of fused-ring (bicyclic) bond motifs is 3. The Morgan fingerprint density at radius 1 is 0.943 bits per heavy atom. The van der Waals surface area contributed by atoms with Crippen molar-refractivity contribution in [3.63, 3.8) is 0 Å². The summed E-state index contributed by atoms with van der Waals surface area (Å²) in [7, 11) is -1.46. The van der Waals surface area contributed by atoms with Crippen molar-refractivity contribution in [2.24, 2.45) is 7.05 Å². The predicted octanol–water partition coefficient (Wildman–Crippen LogP) is 5.06. The van der Waals surface area contributed by atoms with Crippen LogP contribution in [0.5, 0.6) is 0 Å². The summed E-state index contributed by atoms with van der Waals surface area (Å²) in [4.78, 5) is 20.1. The van der Waals surface area contributed by atoms with Gasteiger partial charge in [-0.2, -0.15) is 0 Å². The number of sulfone groups is 1. The lowest BCUT2D eigenvalue weighted by atomic mass is 10.1. The molecular weight excluding hydrogens is 478 g/mol. The number of hydrogen-bond acceptors (Lipinski definition) is 5. The van der Waals surface area contributed by atoms with Gasteiger partial charge >= 0.3 is 5.69 Å². The largest absolute Gasteiger partial charge is 0.333 e. The van der Waals surface area contributed by atoms with Crippen LogP contribution >= 0.6 is 11.8 Å². The molecule has 0 aliphatic heterocycles. The molecular formula is C27H23N3O3S2. The van der Waals surface area contributed by atoms with Gasteiger partial charge in [-0.1, -0.05) is 42.1 Å². The Labute approximate surface area is 207 Å². The quantitative estimate of drug-likeness (QED) is 0.336. The predicted molar refractivity (Wildman–Crippen MR) is 140 cm³/mol. The van der Waals surface area contributed by atoms with Crippen LogP contribution in [-0.4, -0.2) is 28.8 Å². The van der Waals surface area contributed by atoms with E-state index in [2.05, 4.69) is 23.2 Å². The molecule has 1 aliphatic rings. The van der Waals surface area contributed by atoms with Crippen LogP contribution in [0.2, 0.25) is 0 Å². The Morgan fingerprint density at radius 2 is 1.66 bits per heavy atom. The molecule has 1 fully saturated rings. The molecule has 1 aliphatic carbocycles. The minimum atomic E-state index is -3.20. The molecule has 0 amide bonds.